The van der Waals surface area contributed by atoms with Crippen LogP contribution in [-0.2, 0) is 6.42 Å². The van der Waals surface area contributed by atoms with Crippen molar-refractivity contribution < 1.29 is 4.92 Å². The lowest BCUT2D eigenvalue weighted by atomic mass is 10.2. The normalized spacial score (nSPS) is 9.75. The van der Waals surface area contributed by atoms with Gasteiger partial charge < -0.3 is 0 Å². The van der Waals surface area contributed by atoms with Gasteiger partial charge in [-0.05, 0) is 18.6 Å². The molecule has 4 nitrogen and oxygen atoms in total. The van der Waals surface area contributed by atoms with Gasteiger partial charge >= 0.3 is 0 Å². The van der Waals surface area contributed by atoms with E-state index in [2.05, 4.69) is 4.98 Å². The number of aryl methyl sites for hydroxylation is 1. The van der Waals surface area contributed by atoms with E-state index in [1.807, 2.05) is 19.1 Å². The smallest absolute Gasteiger partial charge is 0.209 e. The van der Waals surface area contributed by atoms with E-state index >= 15 is 0 Å². The van der Waals surface area contributed by atoms with Gasteiger partial charge in [-0.3, -0.25) is 15.1 Å². The number of rotatable bonds is 3. The number of pyridine rings is 1. The minimum Gasteiger partial charge on any atom is -0.265 e. The Balaban J connectivity index is 2.63. The van der Waals surface area contributed by atoms with Gasteiger partial charge in [0.05, 0.1) is 6.42 Å². The Bertz CT molecular complexity index is 286. The maximum absolute atomic E-state index is 10.1. The van der Waals surface area contributed by atoms with Crippen molar-refractivity contribution >= 4 is 0 Å². The van der Waals surface area contributed by atoms with Crippen LogP contribution in [0.1, 0.15) is 11.3 Å². The standard InChI is InChI=1S/C8H10N2O2/c1-7-3-2-5-9-8(7)4-6-10(11)12/h2-3,5H,4,6H2,1H3. The minimum absolute atomic E-state index is 0.0438. The predicted molar refractivity (Wildman–Crippen MR) is 44.5 cm³/mol. The van der Waals surface area contributed by atoms with E-state index in [4.69, 9.17) is 0 Å². The van der Waals surface area contributed by atoms with Crippen LogP contribution in [0.15, 0.2) is 18.3 Å². The van der Waals surface area contributed by atoms with Crippen LogP contribution in [0.25, 0.3) is 0 Å². The Hall–Kier alpha value is -1.45. The number of hydrogen-bond acceptors (Lipinski definition) is 3. The Morgan fingerprint density at radius 2 is 2.42 bits per heavy atom. The second-order valence-electron chi connectivity index (χ2n) is 2.57. The van der Waals surface area contributed by atoms with Gasteiger partial charge in [0.15, 0.2) is 0 Å². The van der Waals surface area contributed by atoms with Crippen LogP contribution < -0.4 is 0 Å². The van der Waals surface area contributed by atoms with Gasteiger partial charge in [0, 0.05) is 16.8 Å². The van der Waals surface area contributed by atoms with E-state index in [0.717, 1.165) is 11.3 Å². The summed E-state index contributed by atoms with van der Waals surface area (Å²) in [6, 6.07) is 3.73. The summed E-state index contributed by atoms with van der Waals surface area (Å²) >= 11 is 0. The first-order chi connectivity index (χ1) is 5.70. The zero-order valence-corrected chi connectivity index (χ0v) is 6.86. The van der Waals surface area contributed by atoms with E-state index in [1.165, 1.54) is 0 Å². The highest BCUT2D eigenvalue weighted by atomic mass is 16.6. The zero-order chi connectivity index (χ0) is 8.97. The summed E-state index contributed by atoms with van der Waals surface area (Å²) in [5.41, 5.74) is 1.83. The largest absolute Gasteiger partial charge is 0.265 e. The van der Waals surface area contributed by atoms with Crippen molar-refractivity contribution in [2.24, 2.45) is 0 Å². The topological polar surface area (TPSA) is 56.0 Å². The van der Waals surface area contributed by atoms with Crippen molar-refractivity contribution in [3.8, 4) is 0 Å². The molecule has 1 heterocycles. The number of nitrogens with zero attached hydrogens (tertiary/aromatic N) is 2. The molecule has 0 bridgehead atoms. The molecule has 0 unspecified atom stereocenters. The monoisotopic (exact) mass is 166 g/mol. The van der Waals surface area contributed by atoms with Crippen LogP contribution >= 0.6 is 0 Å². The van der Waals surface area contributed by atoms with Crippen molar-refractivity contribution in [1.29, 1.82) is 0 Å². The molecule has 0 spiro atoms. The summed E-state index contributed by atoms with van der Waals surface area (Å²) < 4.78 is 0. The predicted octanol–water partition coefficient (Wildman–Crippen LogP) is 1.21. The van der Waals surface area contributed by atoms with E-state index < -0.39 is 0 Å². The first-order valence-electron chi connectivity index (χ1n) is 3.72. The van der Waals surface area contributed by atoms with Crippen molar-refractivity contribution in [2.45, 2.75) is 13.3 Å². The summed E-state index contributed by atoms with van der Waals surface area (Å²) in [4.78, 5) is 13.8. The molecule has 0 N–H and O–H groups in total. The van der Waals surface area contributed by atoms with Crippen LogP contribution in [-0.4, -0.2) is 16.5 Å². The molecule has 12 heavy (non-hydrogen) atoms. The van der Waals surface area contributed by atoms with Gasteiger partial charge in [-0.1, -0.05) is 6.07 Å². The summed E-state index contributed by atoms with van der Waals surface area (Å²) in [5, 5.41) is 10.1. The van der Waals surface area contributed by atoms with Crippen molar-refractivity contribution in [3.63, 3.8) is 0 Å². The fourth-order valence-corrected chi connectivity index (χ4v) is 0.977. The lowest BCUT2D eigenvalue weighted by Gasteiger charge is -1.99. The van der Waals surface area contributed by atoms with E-state index in [-0.39, 0.29) is 11.5 Å². The third kappa shape index (κ3) is 2.30. The van der Waals surface area contributed by atoms with E-state index in [1.54, 1.807) is 6.20 Å². The summed E-state index contributed by atoms with van der Waals surface area (Å²) in [5.74, 6) is 0. The number of nitro groups is 1. The molecule has 0 amide bonds. The molecular formula is C8H10N2O2. The van der Waals surface area contributed by atoms with Gasteiger partial charge in [-0.25, -0.2) is 0 Å². The SMILES string of the molecule is Cc1cccnc1CC[N+](=O)[O-]. The third-order valence-corrected chi connectivity index (χ3v) is 1.65. The molecule has 1 rings (SSSR count). The second-order valence-corrected chi connectivity index (χ2v) is 2.57. The molecule has 0 aliphatic heterocycles. The molecule has 0 saturated heterocycles. The summed E-state index contributed by atoms with van der Waals surface area (Å²) in [6.07, 6.45) is 2.07. The zero-order valence-electron chi connectivity index (χ0n) is 6.86. The Morgan fingerprint density at radius 3 is 3.00 bits per heavy atom. The third-order valence-electron chi connectivity index (χ3n) is 1.65. The first-order valence-corrected chi connectivity index (χ1v) is 3.72. The van der Waals surface area contributed by atoms with Crippen molar-refractivity contribution in [3.05, 3.63) is 39.7 Å². The van der Waals surface area contributed by atoms with Crippen molar-refractivity contribution in [2.75, 3.05) is 6.54 Å². The molecule has 4 heteroatoms. The van der Waals surface area contributed by atoms with Crippen LogP contribution in [0.2, 0.25) is 0 Å². The molecule has 0 aromatic carbocycles. The number of hydrogen-bond donors (Lipinski definition) is 0. The second kappa shape index (κ2) is 3.80. The molecule has 0 aliphatic rings. The van der Waals surface area contributed by atoms with Crippen LogP contribution in [0.4, 0.5) is 0 Å². The Kier molecular flexibility index (Phi) is 2.74. The van der Waals surface area contributed by atoms with E-state index in [0.29, 0.717) is 6.42 Å². The lowest BCUT2D eigenvalue weighted by Crippen LogP contribution is -2.06. The van der Waals surface area contributed by atoms with Crippen LogP contribution in [0, 0.1) is 17.0 Å². The Morgan fingerprint density at radius 1 is 1.67 bits per heavy atom. The quantitative estimate of drug-likeness (QED) is 0.501. The maximum atomic E-state index is 10.1. The molecule has 0 saturated carbocycles. The molecule has 0 radical (unpaired) electrons. The van der Waals surface area contributed by atoms with Crippen molar-refractivity contribution in [1.82, 2.24) is 4.98 Å². The fraction of sp³-hybridized carbons (Fsp3) is 0.375. The minimum atomic E-state index is -0.325. The average molecular weight is 166 g/mol. The summed E-state index contributed by atoms with van der Waals surface area (Å²) in [6.45, 7) is 1.86. The molecule has 64 valence electrons. The van der Waals surface area contributed by atoms with Crippen LogP contribution in [0.5, 0.6) is 0 Å². The molecular weight excluding hydrogens is 156 g/mol. The highest BCUT2D eigenvalue weighted by molar-refractivity contribution is 5.17. The van der Waals surface area contributed by atoms with Gasteiger partial charge in [-0.2, -0.15) is 0 Å². The van der Waals surface area contributed by atoms with Gasteiger partial charge in [0.25, 0.3) is 0 Å². The summed E-state index contributed by atoms with van der Waals surface area (Å²) in [7, 11) is 0. The lowest BCUT2D eigenvalue weighted by molar-refractivity contribution is -0.479. The molecule has 0 atom stereocenters. The van der Waals surface area contributed by atoms with Gasteiger partial charge in [0.2, 0.25) is 6.54 Å². The molecule has 0 aliphatic carbocycles. The average Bonchev–Trinajstić information content (AvgIpc) is 2.03. The highest BCUT2D eigenvalue weighted by Gasteiger charge is 2.02. The molecule has 1 aromatic heterocycles. The Labute approximate surface area is 70.4 Å². The molecule has 1 aromatic rings. The maximum Gasteiger partial charge on any atom is 0.209 e. The van der Waals surface area contributed by atoms with E-state index in [9.17, 15) is 10.1 Å². The number of aromatic nitrogens is 1. The van der Waals surface area contributed by atoms with Gasteiger partial charge in [0.1, 0.15) is 0 Å². The fourth-order valence-electron chi connectivity index (χ4n) is 0.977. The highest BCUT2D eigenvalue weighted by Crippen LogP contribution is 2.03. The molecule has 0 fully saturated rings. The van der Waals surface area contributed by atoms with Crippen LogP contribution in [0.3, 0.4) is 0 Å². The van der Waals surface area contributed by atoms with Gasteiger partial charge in [-0.15, -0.1) is 0 Å². The first kappa shape index (κ1) is 8.64.